The van der Waals surface area contributed by atoms with Gasteiger partial charge in [0.05, 0.1) is 5.02 Å². The molecule has 0 bridgehead atoms. The maximum atomic E-state index is 12.4. The van der Waals surface area contributed by atoms with E-state index in [9.17, 15) is 4.79 Å². The van der Waals surface area contributed by atoms with Crippen molar-refractivity contribution < 1.29 is 9.90 Å². The van der Waals surface area contributed by atoms with E-state index in [4.69, 9.17) is 28.3 Å². The summed E-state index contributed by atoms with van der Waals surface area (Å²) >= 11 is 13.6. The van der Waals surface area contributed by atoms with Gasteiger partial charge in [-0.3, -0.25) is 4.79 Å². The zero-order valence-electron chi connectivity index (χ0n) is 11.8. The van der Waals surface area contributed by atoms with Gasteiger partial charge in [-0.05, 0) is 24.5 Å². The zero-order chi connectivity index (χ0) is 15.6. The number of fused-ring (bicyclic) bond motifs is 1. The first-order valence-electron chi connectivity index (χ1n) is 6.73. The van der Waals surface area contributed by atoms with Crippen molar-refractivity contribution in [1.29, 1.82) is 0 Å². The molecule has 2 N–H and O–H groups in total. The van der Waals surface area contributed by atoms with Gasteiger partial charge in [-0.2, -0.15) is 0 Å². The van der Waals surface area contributed by atoms with Crippen molar-refractivity contribution in [2.45, 2.75) is 26.3 Å². The van der Waals surface area contributed by atoms with Crippen molar-refractivity contribution in [1.82, 2.24) is 5.32 Å². The largest absolute Gasteiger partial charge is 0.396 e. The fraction of sp³-hybridized carbons (Fsp3) is 0.400. The van der Waals surface area contributed by atoms with E-state index in [0.717, 1.165) is 10.1 Å². The topological polar surface area (TPSA) is 49.3 Å². The Morgan fingerprint density at radius 3 is 2.71 bits per heavy atom. The first kappa shape index (κ1) is 16.6. The van der Waals surface area contributed by atoms with Crippen molar-refractivity contribution in [3.63, 3.8) is 0 Å². The fourth-order valence-corrected chi connectivity index (χ4v) is 3.83. The number of nitrogens with one attached hydrogen (secondary N) is 1. The molecule has 1 amide bonds. The van der Waals surface area contributed by atoms with E-state index in [0.29, 0.717) is 21.3 Å². The molecule has 0 radical (unpaired) electrons. The lowest BCUT2D eigenvalue weighted by Crippen LogP contribution is -2.38. The number of carbonyl (C=O) groups excluding carboxylic acids is 1. The van der Waals surface area contributed by atoms with Crippen LogP contribution in [0.25, 0.3) is 10.1 Å². The molecule has 0 aliphatic carbocycles. The summed E-state index contributed by atoms with van der Waals surface area (Å²) < 4.78 is 0.890. The highest BCUT2D eigenvalue weighted by Crippen LogP contribution is 2.36. The van der Waals surface area contributed by atoms with E-state index in [-0.39, 0.29) is 24.5 Å². The number of aliphatic hydroxyl groups is 1. The van der Waals surface area contributed by atoms with Crippen LogP contribution in [0.5, 0.6) is 0 Å². The van der Waals surface area contributed by atoms with Crippen LogP contribution in [0.2, 0.25) is 10.0 Å². The lowest BCUT2D eigenvalue weighted by Gasteiger charge is -2.21. The average Bonchev–Trinajstić information content (AvgIpc) is 2.74. The minimum absolute atomic E-state index is 0.0406. The van der Waals surface area contributed by atoms with Crippen molar-refractivity contribution >= 4 is 50.5 Å². The number of hydrogen-bond donors (Lipinski definition) is 2. The Hall–Kier alpha value is -0.810. The molecule has 3 nitrogen and oxygen atoms in total. The predicted molar refractivity (Wildman–Crippen MR) is 89.6 cm³/mol. The normalized spacial score (nSPS) is 12.9. The molecular weight excluding hydrogens is 329 g/mol. The van der Waals surface area contributed by atoms with Crippen molar-refractivity contribution in [2.24, 2.45) is 5.92 Å². The van der Waals surface area contributed by atoms with Crippen molar-refractivity contribution in [3.05, 3.63) is 33.1 Å². The second-order valence-electron chi connectivity index (χ2n) is 5.22. The molecule has 114 valence electrons. The number of rotatable bonds is 5. The smallest absolute Gasteiger partial charge is 0.263 e. The van der Waals surface area contributed by atoms with E-state index in [1.807, 2.05) is 19.9 Å². The number of thiophene rings is 1. The zero-order valence-corrected chi connectivity index (χ0v) is 14.1. The monoisotopic (exact) mass is 345 g/mol. The minimum atomic E-state index is -0.204. The molecule has 2 rings (SSSR count). The molecule has 6 heteroatoms. The Morgan fingerprint density at radius 1 is 1.38 bits per heavy atom. The first-order valence-corrected chi connectivity index (χ1v) is 8.30. The van der Waals surface area contributed by atoms with Crippen molar-refractivity contribution in [2.75, 3.05) is 6.61 Å². The Bertz CT molecular complexity index is 654. The van der Waals surface area contributed by atoms with Crippen LogP contribution in [-0.4, -0.2) is 23.7 Å². The summed E-state index contributed by atoms with van der Waals surface area (Å²) in [5.74, 6) is 0.0353. The van der Waals surface area contributed by atoms with Crippen molar-refractivity contribution in [3.8, 4) is 0 Å². The average molecular weight is 346 g/mol. The molecule has 1 aromatic carbocycles. The molecule has 1 unspecified atom stereocenters. The molecular formula is C15H17Cl2NO2S. The summed E-state index contributed by atoms with van der Waals surface area (Å²) in [6.45, 7) is 4.05. The molecule has 0 saturated heterocycles. The van der Waals surface area contributed by atoms with Gasteiger partial charge in [-0.15, -0.1) is 11.3 Å². The Balaban J connectivity index is 2.28. The summed E-state index contributed by atoms with van der Waals surface area (Å²) in [7, 11) is 0. The van der Waals surface area contributed by atoms with E-state index in [1.54, 1.807) is 12.1 Å². The lowest BCUT2D eigenvalue weighted by atomic mass is 10.0. The van der Waals surface area contributed by atoms with E-state index < -0.39 is 0 Å². The SMILES string of the molecule is CC(C)C(CCO)NC(=O)c1sc2cc(Cl)ccc2c1Cl. The summed E-state index contributed by atoms with van der Waals surface area (Å²) in [5, 5.41) is 13.9. The third-order valence-electron chi connectivity index (χ3n) is 3.36. The quantitative estimate of drug-likeness (QED) is 0.846. The van der Waals surface area contributed by atoms with Gasteiger partial charge in [0.25, 0.3) is 5.91 Å². The summed E-state index contributed by atoms with van der Waals surface area (Å²) in [4.78, 5) is 12.9. The molecule has 0 aliphatic rings. The van der Waals surface area contributed by atoms with Gasteiger partial charge in [0.1, 0.15) is 4.88 Å². The summed E-state index contributed by atoms with van der Waals surface area (Å²) in [6, 6.07) is 5.30. The number of carbonyl (C=O) groups is 1. The van der Waals surface area contributed by atoms with Crippen LogP contribution in [0.4, 0.5) is 0 Å². The van der Waals surface area contributed by atoms with Gasteiger partial charge in [-0.25, -0.2) is 0 Å². The first-order chi connectivity index (χ1) is 9.93. The van der Waals surface area contributed by atoms with E-state index in [1.165, 1.54) is 11.3 Å². The molecule has 0 saturated carbocycles. The van der Waals surface area contributed by atoms with Gasteiger partial charge in [0.2, 0.25) is 0 Å². The van der Waals surface area contributed by atoms with Gasteiger partial charge in [0.15, 0.2) is 0 Å². The number of hydrogen-bond acceptors (Lipinski definition) is 3. The molecule has 1 atom stereocenters. The highest BCUT2D eigenvalue weighted by molar-refractivity contribution is 7.21. The molecule has 1 heterocycles. The van der Waals surface area contributed by atoms with E-state index in [2.05, 4.69) is 5.32 Å². The van der Waals surface area contributed by atoms with Crippen LogP contribution in [0, 0.1) is 5.92 Å². The molecule has 0 fully saturated rings. The van der Waals surface area contributed by atoms with Crippen LogP contribution < -0.4 is 5.32 Å². The molecule has 2 aromatic rings. The van der Waals surface area contributed by atoms with Gasteiger partial charge >= 0.3 is 0 Å². The molecule has 0 aliphatic heterocycles. The molecule has 0 spiro atoms. The van der Waals surface area contributed by atoms with Crippen LogP contribution in [-0.2, 0) is 0 Å². The van der Waals surface area contributed by atoms with Crippen LogP contribution >= 0.6 is 34.5 Å². The highest BCUT2D eigenvalue weighted by atomic mass is 35.5. The van der Waals surface area contributed by atoms with Gasteiger partial charge in [0, 0.05) is 27.8 Å². The second-order valence-corrected chi connectivity index (χ2v) is 7.09. The van der Waals surface area contributed by atoms with Crippen LogP contribution in [0.15, 0.2) is 18.2 Å². The third-order valence-corrected chi connectivity index (χ3v) is 5.25. The third kappa shape index (κ3) is 3.69. The van der Waals surface area contributed by atoms with Crippen LogP contribution in [0.1, 0.15) is 29.9 Å². The minimum Gasteiger partial charge on any atom is -0.396 e. The Morgan fingerprint density at radius 2 is 2.10 bits per heavy atom. The standard InChI is InChI=1S/C15H17Cl2NO2S/c1-8(2)11(5-6-19)18-15(20)14-13(17)10-4-3-9(16)7-12(10)21-14/h3-4,7-8,11,19H,5-6H2,1-2H3,(H,18,20). The predicted octanol–water partition coefficient (Wildman–Crippen LogP) is 4.34. The number of aliphatic hydroxyl groups excluding tert-OH is 1. The fourth-order valence-electron chi connectivity index (χ4n) is 2.13. The summed E-state index contributed by atoms with van der Waals surface area (Å²) in [6.07, 6.45) is 0.526. The maximum Gasteiger partial charge on any atom is 0.263 e. The van der Waals surface area contributed by atoms with Crippen LogP contribution in [0.3, 0.4) is 0 Å². The number of halogens is 2. The Kier molecular flexibility index (Phi) is 5.49. The molecule has 1 aromatic heterocycles. The van der Waals surface area contributed by atoms with Gasteiger partial charge in [-0.1, -0.05) is 43.1 Å². The summed E-state index contributed by atoms with van der Waals surface area (Å²) in [5.41, 5.74) is 0. The maximum absolute atomic E-state index is 12.4. The van der Waals surface area contributed by atoms with Gasteiger partial charge < -0.3 is 10.4 Å². The number of amides is 1. The number of benzene rings is 1. The highest BCUT2D eigenvalue weighted by Gasteiger charge is 2.21. The molecule has 21 heavy (non-hydrogen) atoms. The van der Waals surface area contributed by atoms with E-state index >= 15 is 0 Å². The Labute approximate surface area is 137 Å². The second kappa shape index (κ2) is 6.97. The lowest BCUT2D eigenvalue weighted by molar-refractivity contribution is 0.0921.